The topological polar surface area (TPSA) is 38.0 Å². The van der Waals surface area contributed by atoms with E-state index in [0.717, 1.165) is 11.8 Å². The van der Waals surface area contributed by atoms with Crippen molar-refractivity contribution < 1.29 is 0 Å². The summed E-state index contributed by atoms with van der Waals surface area (Å²) in [5.74, 6) is 7.21. The maximum absolute atomic E-state index is 5.54. The molecule has 1 fully saturated rings. The van der Waals surface area contributed by atoms with Gasteiger partial charge in [0, 0.05) is 6.04 Å². The van der Waals surface area contributed by atoms with Crippen molar-refractivity contribution in [2.75, 3.05) is 0 Å². The Balaban J connectivity index is 2.24. The average molecular weight is 170 g/mol. The molecule has 2 unspecified atom stereocenters. The zero-order valence-electron chi connectivity index (χ0n) is 8.34. The Bertz CT molecular complexity index is 121. The third-order valence-corrected chi connectivity index (χ3v) is 3.29. The van der Waals surface area contributed by atoms with Gasteiger partial charge in [0.25, 0.3) is 0 Å². The second-order valence-electron chi connectivity index (χ2n) is 4.21. The van der Waals surface area contributed by atoms with Crippen LogP contribution in [0.25, 0.3) is 0 Å². The van der Waals surface area contributed by atoms with Crippen LogP contribution >= 0.6 is 0 Å². The van der Waals surface area contributed by atoms with Gasteiger partial charge in [-0.1, -0.05) is 26.7 Å². The Hall–Kier alpha value is -0.0800. The maximum atomic E-state index is 5.54. The van der Waals surface area contributed by atoms with Gasteiger partial charge in [0.1, 0.15) is 0 Å². The minimum absolute atomic E-state index is 0.578. The van der Waals surface area contributed by atoms with Crippen LogP contribution < -0.4 is 11.3 Å². The van der Waals surface area contributed by atoms with E-state index in [1.807, 2.05) is 0 Å². The first-order chi connectivity index (χ1) is 5.77. The van der Waals surface area contributed by atoms with Crippen LogP contribution in [0.15, 0.2) is 0 Å². The van der Waals surface area contributed by atoms with Crippen molar-refractivity contribution in [3.05, 3.63) is 0 Å². The Kier molecular flexibility index (Phi) is 4.02. The lowest BCUT2D eigenvalue weighted by Crippen LogP contribution is -2.44. The van der Waals surface area contributed by atoms with Crippen molar-refractivity contribution in [1.82, 2.24) is 5.43 Å². The third-order valence-electron chi connectivity index (χ3n) is 3.29. The molecule has 1 aliphatic carbocycles. The molecule has 0 saturated heterocycles. The molecule has 1 aliphatic rings. The van der Waals surface area contributed by atoms with Gasteiger partial charge >= 0.3 is 0 Å². The van der Waals surface area contributed by atoms with Gasteiger partial charge in [-0.15, -0.1) is 0 Å². The molecule has 0 radical (unpaired) electrons. The van der Waals surface area contributed by atoms with Crippen molar-refractivity contribution in [3.63, 3.8) is 0 Å². The monoisotopic (exact) mass is 170 g/mol. The van der Waals surface area contributed by atoms with Crippen molar-refractivity contribution >= 4 is 0 Å². The molecular formula is C10H22N2. The standard InChI is InChI=1S/C10H22N2/c1-3-8(2)7-10(12-11)9-5-4-6-9/h8-10,12H,3-7,11H2,1-2H3. The maximum Gasteiger partial charge on any atom is 0.0241 e. The van der Waals surface area contributed by atoms with E-state index in [-0.39, 0.29) is 0 Å². The second kappa shape index (κ2) is 4.83. The summed E-state index contributed by atoms with van der Waals surface area (Å²) >= 11 is 0. The number of hydrogen-bond donors (Lipinski definition) is 2. The minimum Gasteiger partial charge on any atom is -0.271 e. The van der Waals surface area contributed by atoms with Gasteiger partial charge in [-0.25, -0.2) is 0 Å². The van der Waals surface area contributed by atoms with Crippen LogP contribution in [0.3, 0.4) is 0 Å². The fourth-order valence-electron chi connectivity index (χ4n) is 1.84. The molecule has 72 valence electrons. The summed E-state index contributed by atoms with van der Waals surface area (Å²) in [7, 11) is 0. The zero-order valence-corrected chi connectivity index (χ0v) is 8.34. The highest BCUT2D eigenvalue weighted by Gasteiger charge is 2.26. The van der Waals surface area contributed by atoms with E-state index >= 15 is 0 Å². The summed E-state index contributed by atoms with van der Waals surface area (Å²) < 4.78 is 0. The van der Waals surface area contributed by atoms with Crippen molar-refractivity contribution in [2.24, 2.45) is 17.7 Å². The SMILES string of the molecule is CCC(C)CC(NN)C1CCC1. The summed E-state index contributed by atoms with van der Waals surface area (Å²) in [6, 6.07) is 0.578. The molecule has 3 N–H and O–H groups in total. The van der Waals surface area contributed by atoms with E-state index in [1.165, 1.54) is 32.1 Å². The van der Waals surface area contributed by atoms with E-state index in [2.05, 4.69) is 19.3 Å². The van der Waals surface area contributed by atoms with Gasteiger partial charge in [-0.2, -0.15) is 0 Å². The van der Waals surface area contributed by atoms with Gasteiger partial charge in [0.15, 0.2) is 0 Å². The molecule has 0 aliphatic heterocycles. The Morgan fingerprint density at radius 3 is 2.50 bits per heavy atom. The molecule has 12 heavy (non-hydrogen) atoms. The molecule has 0 aromatic carbocycles. The average Bonchev–Trinajstić information content (AvgIpc) is 1.99. The van der Waals surface area contributed by atoms with Gasteiger partial charge < -0.3 is 0 Å². The molecule has 0 amide bonds. The number of nitrogens with one attached hydrogen (secondary N) is 1. The first-order valence-electron chi connectivity index (χ1n) is 5.24. The molecule has 2 heteroatoms. The minimum atomic E-state index is 0.578. The molecule has 0 aromatic rings. The van der Waals surface area contributed by atoms with E-state index in [1.54, 1.807) is 0 Å². The quantitative estimate of drug-likeness (QED) is 0.489. The van der Waals surface area contributed by atoms with E-state index < -0.39 is 0 Å². The van der Waals surface area contributed by atoms with Crippen LogP contribution in [0.4, 0.5) is 0 Å². The summed E-state index contributed by atoms with van der Waals surface area (Å²) in [6.07, 6.45) is 6.68. The smallest absolute Gasteiger partial charge is 0.0241 e. The molecule has 2 atom stereocenters. The van der Waals surface area contributed by atoms with Gasteiger partial charge in [-0.05, 0) is 31.1 Å². The molecule has 0 aromatic heterocycles. The van der Waals surface area contributed by atoms with Crippen molar-refractivity contribution in [2.45, 2.75) is 52.0 Å². The van der Waals surface area contributed by atoms with Crippen LogP contribution in [-0.2, 0) is 0 Å². The largest absolute Gasteiger partial charge is 0.271 e. The van der Waals surface area contributed by atoms with Crippen LogP contribution in [0.5, 0.6) is 0 Å². The van der Waals surface area contributed by atoms with E-state index in [4.69, 9.17) is 5.84 Å². The van der Waals surface area contributed by atoms with Crippen molar-refractivity contribution in [3.8, 4) is 0 Å². The molecule has 1 rings (SSSR count). The number of hydrogen-bond acceptors (Lipinski definition) is 2. The summed E-state index contributed by atoms with van der Waals surface area (Å²) in [5.41, 5.74) is 2.97. The lowest BCUT2D eigenvalue weighted by molar-refractivity contribution is 0.202. The molecule has 2 nitrogen and oxygen atoms in total. The third kappa shape index (κ3) is 2.46. The lowest BCUT2D eigenvalue weighted by atomic mass is 9.77. The molecule has 0 heterocycles. The van der Waals surface area contributed by atoms with Crippen molar-refractivity contribution in [1.29, 1.82) is 0 Å². The second-order valence-corrected chi connectivity index (χ2v) is 4.21. The predicted molar refractivity (Wildman–Crippen MR) is 52.5 cm³/mol. The van der Waals surface area contributed by atoms with Gasteiger partial charge in [-0.3, -0.25) is 11.3 Å². The van der Waals surface area contributed by atoms with Crippen LogP contribution in [0.1, 0.15) is 46.0 Å². The normalized spacial score (nSPS) is 23.2. The molecule has 1 saturated carbocycles. The molecule has 0 spiro atoms. The molecular weight excluding hydrogens is 148 g/mol. The summed E-state index contributed by atoms with van der Waals surface area (Å²) in [6.45, 7) is 4.56. The Morgan fingerprint density at radius 1 is 1.50 bits per heavy atom. The van der Waals surface area contributed by atoms with Gasteiger partial charge in [0.2, 0.25) is 0 Å². The first-order valence-corrected chi connectivity index (χ1v) is 5.24. The van der Waals surface area contributed by atoms with E-state index in [9.17, 15) is 0 Å². The van der Waals surface area contributed by atoms with E-state index in [0.29, 0.717) is 6.04 Å². The van der Waals surface area contributed by atoms with Crippen LogP contribution in [0.2, 0.25) is 0 Å². The zero-order chi connectivity index (χ0) is 8.97. The summed E-state index contributed by atoms with van der Waals surface area (Å²) in [4.78, 5) is 0. The highest BCUT2D eigenvalue weighted by Crippen LogP contribution is 2.32. The molecule has 0 bridgehead atoms. The van der Waals surface area contributed by atoms with Crippen LogP contribution in [0, 0.1) is 11.8 Å². The fraction of sp³-hybridized carbons (Fsp3) is 1.00. The number of nitrogens with two attached hydrogens (primary N) is 1. The highest BCUT2D eigenvalue weighted by molar-refractivity contribution is 4.82. The first kappa shape index (κ1) is 10.0. The van der Waals surface area contributed by atoms with Crippen LogP contribution in [-0.4, -0.2) is 6.04 Å². The van der Waals surface area contributed by atoms with Gasteiger partial charge in [0.05, 0.1) is 0 Å². The highest BCUT2D eigenvalue weighted by atomic mass is 15.2. The summed E-state index contributed by atoms with van der Waals surface area (Å²) in [5, 5.41) is 0. The predicted octanol–water partition coefficient (Wildman–Crippen LogP) is 2.05. The Labute approximate surface area is 75.9 Å². The Morgan fingerprint density at radius 2 is 2.17 bits per heavy atom. The fourth-order valence-corrected chi connectivity index (χ4v) is 1.84. The lowest BCUT2D eigenvalue weighted by Gasteiger charge is -2.34. The number of hydrazine groups is 1. The number of rotatable bonds is 5.